The zero-order chi connectivity index (χ0) is 24.5. The van der Waals surface area contributed by atoms with Crippen molar-refractivity contribution in [1.82, 2.24) is 5.32 Å². The van der Waals surface area contributed by atoms with Gasteiger partial charge in [-0.3, -0.25) is 9.59 Å². The van der Waals surface area contributed by atoms with E-state index >= 15 is 0 Å². The van der Waals surface area contributed by atoms with E-state index in [1.54, 1.807) is 0 Å². The Balaban J connectivity index is 1.39. The van der Waals surface area contributed by atoms with Crippen LogP contribution in [0.1, 0.15) is 38.8 Å². The summed E-state index contributed by atoms with van der Waals surface area (Å²) in [6.45, 7) is 8.05. The molecule has 0 unspecified atom stereocenters. The number of amides is 2. The first-order valence-electron chi connectivity index (χ1n) is 11.5. The highest BCUT2D eigenvalue weighted by molar-refractivity contribution is 6.62. The van der Waals surface area contributed by atoms with Crippen molar-refractivity contribution in [3.05, 3.63) is 77.9 Å². The Morgan fingerprint density at radius 1 is 0.882 bits per heavy atom. The van der Waals surface area contributed by atoms with Crippen molar-refractivity contribution in [2.24, 2.45) is 5.73 Å². The molecule has 0 saturated carbocycles. The molecule has 0 radical (unpaired) electrons. The second-order valence-electron chi connectivity index (χ2n) is 9.91. The Hall–Kier alpha value is -3.16. The first-order chi connectivity index (χ1) is 16.0. The maximum absolute atomic E-state index is 12.7. The number of rotatable bonds is 7. The predicted molar refractivity (Wildman–Crippen MR) is 135 cm³/mol. The molecule has 1 saturated heterocycles. The minimum atomic E-state index is -0.796. The molecule has 3 aromatic carbocycles. The number of hydrogen-bond donors (Lipinski definition) is 2. The van der Waals surface area contributed by atoms with Crippen LogP contribution in [0.15, 0.2) is 66.7 Å². The summed E-state index contributed by atoms with van der Waals surface area (Å²) in [7, 11) is -0.451. The van der Waals surface area contributed by atoms with Gasteiger partial charge in [0.15, 0.2) is 0 Å². The Bertz CT molecular complexity index is 1190. The summed E-state index contributed by atoms with van der Waals surface area (Å²) >= 11 is 0. The van der Waals surface area contributed by atoms with E-state index in [4.69, 9.17) is 15.0 Å². The van der Waals surface area contributed by atoms with Crippen molar-refractivity contribution < 1.29 is 18.9 Å². The third-order valence-corrected chi connectivity index (χ3v) is 6.80. The number of carbonyl (C=O) groups is 2. The minimum Gasteiger partial charge on any atom is -0.399 e. The van der Waals surface area contributed by atoms with E-state index < -0.39 is 30.3 Å². The van der Waals surface area contributed by atoms with Gasteiger partial charge in [-0.25, -0.2) is 0 Å². The Labute approximate surface area is 201 Å². The number of hydrogen-bond acceptors (Lipinski definition) is 4. The van der Waals surface area contributed by atoms with Crippen LogP contribution in [0.3, 0.4) is 0 Å². The number of benzene rings is 3. The number of primary amides is 1. The molecule has 1 heterocycles. The molecule has 3 aromatic rings. The summed E-state index contributed by atoms with van der Waals surface area (Å²) in [6, 6.07) is 20.8. The van der Waals surface area contributed by atoms with Gasteiger partial charge in [0.25, 0.3) is 0 Å². The maximum atomic E-state index is 12.7. The van der Waals surface area contributed by atoms with Gasteiger partial charge < -0.3 is 20.4 Å². The fraction of sp³-hybridized carbons (Fsp3) is 0.333. The normalized spacial score (nSPS) is 17.5. The molecule has 6 nitrogen and oxygen atoms in total. The smallest absolute Gasteiger partial charge is 0.399 e. The van der Waals surface area contributed by atoms with Crippen molar-refractivity contribution in [1.29, 1.82) is 0 Å². The molecule has 0 aliphatic carbocycles. The molecule has 0 bridgehead atoms. The Morgan fingerprint density at radius 3 is 2.09 bits per heavy atom. The molecule has 1 fully saturated rings. The third kappa shape index (κ3) is 5.16. The SMILES string of the molecule is CC1(C)OB(c2ccc(C[C@H](NC(=O)Cc3ccc4ccccc4c3)C(N)=O)cc2)OC1(C)C. The number of fused-ring (bicyclic) bond motifs is 1. The zero-order valence-corrected chi connectivity index (χ0v) is 20.1. The third-order valence-electron chi connectivity index (χ3n) is 6.80. The summed E-state index contributed by atoms with van der Waals surface area (Å²) in [4.78, 5) is 24.7. The van der Waals surface area contributed by atoms with Crippen LogP contribution in [0.4, 0.5) is 0 Å². The van der Waals surface area contributed by atoms with Gasteiger partial charge in [0.05, 0.1) is 17.6 Å². The van der Waals surface area contributed by atoms with Gasteiger partial charge in [0, 0.05) is 6.42 Å². The van der Waals surface area contributed by atoms with Gasteiger partial charge in [-0.1, -0.05) is 66.7 Å². The molecule has 34 heavy (non-hydrogen) atoms. The van der Waals surface area contributed by atoms with Crippen LogP contribution in [0.5, 0.6) is 0 Å². The Morgan fingerprint density at radius 2 is 1.47 bits per heavy atom. The van der Waals surface area contributed by atoms with Crippen molar-refractivity contribution in [2.45, 2.75) is 57.8 Å². The average molecular weight is 458 g/mol. The van der Waals surface area contributed by atoms with Crippen molar-refractivity contribution in [3.8, 4) is 0 Å². The highest BCUT2D eigenvalue weighted by atomic mass is 16.7. The lowest BCUT2D eigenvalue weighted by Crippen LogP contribution is -2.46. The molecule has 1 aliphatic rings. The minimum absolute atomic E-state index is 0.176. The fourth-order valence-electron chi connectivity index (χ4n) is 4.03. The Kier molecular flexibility index (Phi) is 6.52. The first-order valence-corrected chi connectivity index (χ1v) is 11.5. The van der Waals surface area contributed by atoms with E-state index in [0.29, 0.717) is 6.42 Å². The highest BCUT2D eigenvalue weighted by Crippen LogP contribution is 2.36. The summed E-state index contributed by atoms with van der Waals surface area (Å²) < 4.78 is 12.2. The maximum Gasteiger partial charge on any atom is 0.494 e. The van der Waals surface area contributed by atoms with Crippen LogP contribution in [0.2, 0.25) is 0 Å². The molecular formula is C27H31BN2O4. The molecule has 0 aromatic heterocycles. The van der Waals surface area contributed by atoms with Crippen LogP contribution in [-0.2, 0) is 31.7 Å². The topological polar surface area (TPSA) is 90.6 Å². The largest absolute Gasteiger partial charge is 0.494 e. The summed E-state index contributed by atoms with van der Waals surface area (Å²) in [5, 5.41) is 4.98. The molecule has 2 amide bonds. The molecule has 3 N–H and O–H groups in total. The van der Waals surface area contributed by atoms with Crippen LogP contribution in [0.25, 0.3) is 10.8 Å². The monoisotopic (exact) mass is 458 g/mol. The average Bonchev–Trinajstić information content (AvgIpc) is 3.00. The van der Waals surface area contributed by atoms with E-state index in [9.17, 15) is 9.59 Å². The van der Waals surface area contributed by atoms with Crippen molar-refractivity contribution >= 4 is 35.2 Å². The van der Waals surface area contributed by atoms with Gasteiger partial charge in [-0.2, -0.15) is 0 Å². The van der Waals surface area contributed by atoms with Crippen molar-refractivity contribution in [2.75, 3.05) is 0 Å². The fourth-order valence-corrected chi connectivity index (χ4v) is 4.03. The summed E-state index contributed by atoms with van der Waals surface area (Å²) in [5.74, 6) is -0.810. The number of nitrogens with two attached hydrogens (primary N) is 1. The number of carbonyl (C=O) groups excluding carboxylic acids is 2. The van der Waals surface area contributed by atoms with E-state index in [1.807, 2.05) is 94.4 Å². The van der Waals surface area contributed by atoms with E-state index in [0.717, 1.165) is 27.4 Å². The van der Waals surface area contributed by atoms with E-state index in [2.05, 4.69) is 5.32 Å². The highest BCUT2D eigenvalue weighted by Gasteiger charge is 2.51. The lowest BCUT2D eigenvalue weighted by Gasteiger charge is -2.32. The van der Waals surface area contributed by atoms with Gasteiger partial charge in [0.1, 0.15) is 6.04 Å². The van der Waals surface area contributed by atoms with E-state index in [1.165, 1.54) is 0 Å². The van der Waals surface area contributed by atoms with Crippen LogP contribution >= 0.6 is 0 Å². The van der Waals surface area contributed by atoms with Crippen LogP contribution in [-0.4, -0.2) is 36.2 Å². The molecular weight excluding hydrogens is 427 g/mol. The van der Waals surface area contributed by atoms with E-state index in [-0.39, 0.29) is 12.3 Å². The van der Waals surface area contributed by atoms with Gasteiger partial charge >= 0.3 is 7.12 Å². The second kappa shape index (κ2) is 9.24. The zero-order valence-electron chi connectivity index (χ0n) is 20.1. The molecule has 4 rings (SSSR count). The molecule has 1 aliphatic heterocycles. The molecule has 7 heteroatoms. The van der Waals surface area contributed by atoms with Gasteiger partial charge in [0.2, 0.25) is 11.8 Å². The van der Waals surface area contributed by atoms with Crippen molar-refractivity contribution in [3.63, 3.8) is 0 Å². The summed E-state index contributed by atoms with van der Waals surface area (Å²) in [5.41, 5.74) is 7.43. The molecule has 0 spiro atoms. The predicted octanol–water partition coefficient (Wildman–Crippen LogP) is 2.89. The lowest BCUT2D eigenvalue weighted by atomic mass is 9.78. The molecule has 1 atom stereocenters. The molecule has 176 valence electrons. The lowest BCUT2D eigenvalue weighted by molar-refractivity contribution is -0.127. The summed E-state index contributed by atoms with van der Waals surface area (Å²) in [6.07, 6.45) is 0.484. The number of nitrogens with one attached hydrogen (secondary N) is 1. The first kappa shape index (κ1) is 24.0. The van der Waals surface area contributed by atoms with Crippen LogP contribution < -0.4 is 16.5 Å². The second-order valence-corrected chi connectivity index (χ2v) is 9.91. The van der Waals surface area contributed by atoms with Crippen LogP contribution in [0, 0.1) is 0 Å². The van der Waals surface area contributed by atoms with Gasteiger partial charge in [-0.15, -0.1) is 0 Å². The quantitative estimate of drug-likeness (QED) is 0.533. The van der Waals surface area contributed by atoms with Gasteiger partial charge in [-0.05, 0) is 55.1 Å². The standard InChI is InChI=1S/C27H31BN2O4/c1-26(2)27(3,4)34-28(33-26)22-13-10-18(11-14-22)16-23(25(29)32)30-24(31)17-19-9-12-20-7-5-6-8-21(20)15-19/h5-15,23H,16-17H2,1-4H3,(H2,29,32)(H,30,31)/t23-/m0/s1.